The third-order valence-electron chi connectivity index (χ3n) is 2.70. The van der Waals surface area contributed by atoms with Crippen LogP contribution in [0, 0.1) is 13.8 Å². The van der Waals surface area contributed by atoms with Crippen molar-refractivity contribution >= 4 is 17.4 Å². The molecular formula is C12H15N5O. The molecule has 2 rings (SSSR count). The molecule has 0 aliphatic carbocycles. The van der Waals surface area contributed by atoms with Crippen molar-refractivity contribution in [1.82, 2.24) is 15.2 Å². The van der Waals surface area contributed by atoms with Crippen molar-refractivity contribution in [3.8, 4) is 0 Å². The number of aryl methyl sites for hydroxylation is 1. The number of nitrogens with zero attached hydrogens (tertiary/aromatic N) is 2. The van der Waals surface area contributed by atoms with Crippen LogP contribution < -0.4 is 11.1 Å². The van der Waals surface area contributed by atoms with Crippen LogP contribution in [0.15, 0.2) is 18.3 Å². The normalized spacial score (nSPS) is 10.3. The second-order valence-corrected chi connectivity index (χ2v) is 4.13. The number of amides is 1. The summed E-state index contributed by atoms with van der Waals surface area (Å²) in [4.78, 5) is 15.9. The molecule has 0 aromatic carbocycles. The Bertz CT molecular complexity index is 558. The zero-order valence-electron chi connectivity index (χ0n) is 10.3. The van der Waals surface area contributed by atoms with E-state index in [4.69, 9.17) is 5.73 Å². The second kappa shape index (κ2) is 4.87. The molecule has 1 amide bonds. The summed E-state index contributed by atoms with van der Waals surface area (Å²) < 4.78 is 0. The third-order valence-corrected chi connectivity index (χ3v) is 2.70. The van der Waals surface area contributed by atoms with E-state index in [9.17, 15) is 4.79 Å². The fraction of sp³-hybridized carbons (Fsp3) is 0.250. The van der Waals surface area contributed by atoms with E-state index in [0.29, 0.717) is 17.2 Å². The average molecular weight is 245 g/mol. The van der Waals surface area contributed by atoms with Gasteiger partial charge in [-0.05, 0) is 26.0 Å². The van der Waals surface area contributed by atoms with Gasteiger partial charge < -0.3 is 11.1 Å². The van der Waals surface area contributed by atoms with Crippen LogP contribution in [0.1, 0.15) is 17.0 Å². The standard InChI is InChI=1S/C12H15N5O/c1-7-8(2)16-17-12(7)15-11(18)5-10-4-3-9(13)6-14-10/h3-4,6H,5,13H2,1-2H3,(H2,15,16,17,18). The molecule has 2 aromatic rings. The molecule has 0 fully saturated rings. The molecule has 0 radical (unpaired) electrons. The number of aromatic nitrogens is 3. The van der Waals surface area contributed by atoms with Crippen molar-refractivity contribution in [3.63, 3.8) is 0 Å². The molecule has 94 valence electrons. The quantitative estimate of drug-likeness (QED) is 0.756. The Morgan fingerprint density at radius 1 is 1.44 bits per heavy atom. The van der Waals surface area contributed by atoms with Gasteiger partial charge in [-0.1, -0.05) is 0 Å². The van der Waals surface area contributed by atoms with E-state index in [1.54, 1.807) is 12.1 Å². The number of hydrogen-bond donors (Lipinski definition) is 3. The number of hydrogen-bond acceptors (Lipinski definition) is 4. The predicted molar refractivity (Wildman–Crippen MR) is 69.0 cm³/mol. The van der Waals surface area contributed by atoms with Crippen molar-refractivity contribution in [2.45, 2.75) is 20.3 Å². The number of carbonyl (C=O) groups excluding carboxylic acids is 1. The Hall–Kier alpha value is -2.37. The smallest absolute Gasteiger partial charge is 0.231 e. The molecule has 0 saturated heterocycles. The molecule has 2 heterocycles. The van der Waals surface area contributed by atoms with E-state index in [0.717, 1.165) is 11.3 Å². The summed E-state index contributed by atoms with van der Waals surface area (Å²) in [6.07, 6.45) is 1.73. The molecule has 0 bridgehead atoms. The molecule has 0 aliphatic heterocycles. The molecule has 6 nitrogen and oxygen atoms in total. The molecule has 4 N–H and O–H groups in total. The summed E-state index contributed by atoms with van der Waals surface area (Å²) in [7, 11) is 0. The van der Waals surface area contributed by atoms with Gasteiger partial charge in [-0.25, -0.2) is 0 Å². The van der Waals surface area contributed by atoms with Gasteiger partial charge in [0.15, 0.2) is 5.82 Å². The van der Waals surface area contributed by atoms with E-state index >= 15 is 0 Å². The molecule has 6 heteroatoms. The van der Waals surface area contributed by atoms with Gasteiger partial charge in [-0.3, -0.25) is 14.9 Å². The molecule has 2 aromatic heterocycles. The lowest BCUT2D eigenvalue weighted by molar-refractivity contribution is -0.115. The summed E-state index contributed by atoms with van der Waals surface area (Å²) in [6, 6.07) is 3.46. The number of rotatable bonds is 3. The minimum atomic E-state index is -0.151. The number of H-pyrrole nitrogens is 1. The third kappa shape index (κ3) is 2.65. The monoisotopic (exact) mass is 245 g/mol. The maximum absolute atomic E-state index is 11.8. The van der Waals surface area contributed by atoms with Crippen LogP contribution in [-0.4, -0.2) is 21.1 Å². The molecule has 0 atom stereocenters. The first-order valence-corrected chi connectivity index (χ1v) is 5.58. The predicted octanol–water partition coefficient (Wildman–Crippen LogP) is 1.18. The van der Waals surface area contributed by atoms with Crippen molar-refractivity contribution in [1.29, 1.82) is 0 Å². The van der Waals surface area contributed by atoms with Crippen molar-refractivity contribution in [3.05, 3.63) is 35.3 Å². The van der Waals surface area contributed by atoms with E-state index in [-0.39, 0.29) is 12.3 Å². The lowest BCUT2D eigenvalue weighted by Crippen LogP contribution is -2.16. The Labute approximate surface area is 105 Å². The highest BCUT2D eigenvalue weighted by Gasteiger charge is 2.10. The minimum absolute atomic E-state index is 0.151. The first kappa shape index (κ1) is 12.1. The van der Waals surface area contributed by atoms with Gasteiger partial charge >= 0.3 is 0 Å². The Kier molecular flexibility index (Phi) is 3.27. The maximum Gasteiger partial charge on any atom is 0.231 e. The summed E-state index contributed by atoms with van der Waals surface area (Å²) in [5.74, 6) is 0.412. The Balaban J connectivity index is 2.01. The van der Waals surface area contributed by atoms with E-state index in [1.807, 2.05) is 13.8 Å². The van der Waals surface area contributed by atoms with Gasteiger partial charge in [0.05, 0.1) is 18.3 Å². The number of pyridine rings is 1. The fourth-order valence-electron chi connectivity index (χ4n) is 1.49. The van der Waals surface area contributed by atoms with Crippen molar-refractivity contribution < 1.29 is 4.79 Å². The number of nitrogens with one attached hydrogen (secondary N) is 2. The highest BCUT2D eigenvalue weighted by atomic mass is 16.1. The van der Waals surface area contributed by atoms with Gasteiger partial charge in [0.2, 0.25) is 5.91 Å². The molecule has 0 spiro atoms. The van der Waals surface area contributed by atoms with Crippen LogP contribution >= 0.6 is 0 Å². The van der Waals surface area contributed by atoms with Crippen LogP contribution in [0.4, 0.5) is 11.5 Å². The first-order chi connectivity index (χ1) is 8.56. The lowest BCUT2D eigenvalue weighted by Gasteiger charge is -2.03. The van der Waals surface area contributed by atoms with Gasteiger partial charge in [-0.2, -0.15) is 5.10 Å². The number of carbonyl (C=O) groups is 1. The molecule has 0 unspecified atom stereocenters. The highest BCUT2D eigenvalue weighted by molar-refractivity contribution is 5.91. The van der Waals surface area contributed by atoms with E-state index in [1.165, 1.54) is 6.20 Å². The molecule has 0 aliphatic rings. The first-order valence-electron chi connectivity index (χ1n) is 5.58. The summed E-state index contributed by atoms with van der Waals surface area (Å²) in [5, 5.41) is 9.57. The SMILES string of the molecule is Cc1[nH]nc(NC(=O)Cc2ccc(N)cn2)c1C. The lowest BCUT2D eigenvalue weighted by atomic mass is 10.2. The van der Waals surface area contributed by atoms with Crippen LogP contribution in [0.2, 0.25) is 0 Å². The average Bonchev–Trinajstić information content (AvgIpc) is 2.64. The van der Waals surface area contributed by atoms with E-state index in [2.05, 4.69) is 20.5 Å². The number of nitrogens with two attached hydrogens (primary N) is 1. The van der Waals surface area contributed by atoms with Crippen LogP contribution in [0.5, 0.6) is 0 Å². The molecule has 18 heavy (non-hydrogen) atoms. The van der Waals surface area contributed by atoms with Gasteiger partial charge in [0.25, 0.3) is 0 Å². The second-order valence-electron chi connectivity index (χ2n) is 4.13. The Morgan fingerprint density at radius 2 is 2.22 bits per heavy atom. The molecular weight excluding hydrogens is 230 g/mol. The zero-order valence-corrected chi connectivity index (χ0v) is 10.3. The maximum atomic E-state index is 11.8. The number of aromatic amines is 1. The van der Waals surface area contributed by atoms with Crippen molar-refractivity contribution in [2.24, 2.45) is 0 Å². The highest BCUT2D eigenvalue weighted by Crippen LogP contribution is 2.14. The summed E-state index contributed by atoms with van der Waals surface area (Å²) in [5.41, 5.74) is 8.66. The number of nitrogen functional groups attached to an aromatic ring is 1. The Morgan fingerprint density at radius 3 is 2.78 bits per heavy atom. The fourth-order valence-corrected chi connectivity index (χ4v) is 1.49. The topological polar surface area (TPSA) is 96.7 Å². The summed E-state index contributed by atoms with van der Waals surface area (Å²) >= 11 is 0. The van der Waals surface area contributed by atoms with Crippen LogP contribution in [0.25, 0.3) is 0 Å². The number of anilines is 2. The van der Waals surface area contributed by atoms with Crippen LogP contribution in [0.3, 0.4) is 0 Å². The minimum Gasteiger partial charge on any atom is -0.397 e. The largest absolute Gasteiger partial charge is 0.397 e. The molecule has 0 saturated carbocycles. The summed E-state index contributed by atoms with van der Waals surface area (Å²) in [6.45, 7) is 3.80. The van der Waals surface area contributed by atoms with Crippen LogP contribution in [-0.2, 0) is 11.2 Å². The van der Waals surface area contributed by atoms with Gasteiger partial charge in [-0.15, -0.1) is 0 Å². The van der Waals surface area contributed by atoms with Crippen molar-refractivity contribution in [2.75, 3.05) is 11.1 Å². The van der Waals surface area contributed by atoms with E-state index < -0.39 is 0 Å². The van der Waals surface area contributed by atoms with Gasteiger partial charge in [0, 0.05) is 17.0 Å². The zero-order chi connectivity index (χ0) is 13.1. The van der Waals surface area contributed by atoms with Gasteiger partial charge in [0.1, 0.15) is 0 Å².